The van der Waals surface area contributed by atoms with Crippen molar-refractivity contribution in [2.45, 2.75) is 6.61 Å². The Bertz CT molecular complexity index is 1110. The van der Waals surface area contributed by atoms with Crippen LogP contribution in [-0.2, 0) is 6.61 Å². The predicted molar refractivity (Wildman–Crippen MR) is 114 cm³/mol. The zero-order chi connectivity index (χ0) is 20.8. The number of ether oxygens (including phenoxy) is 2. The standard InChI is InChI=1S/C23H16Cl2FNO2/c1-28-23-12-15(10-17(13-27)18-4-2-3-5-21(18)26)7-9-22(23)29-14-16-6-8-19(24)20(25)11-16/h2-12H,14H2,1H3. The quantitative estimate of drug-likeness (QED) is 0.321. The van der Waals surface area contributed by atoms with Gasteiger partial charge in [-0.15, -0.1) is 0 Å². The van der Waals surface area contributed by atoms with Gasteiger partial charge in [0.05, 0.1) is 28.8 Å². The van der Waals surface area contributed by atoms with Gasteiger partial charge in [-0.1, -0.05) is 53.5 Å². The van der Waals surface area contributed by atoms with Crippen LogP contribution < -0.4 is 9.47 Å². The van der Waals surface area contributed by atoms with Crippen LogP contribution in [0.5, 0.6) is 11.5 Å². The van der Waals surface area contributed by atoms with Crippen molar-refractivity contribution in [1.29, 1.82) is 5.26 Å². The normalized spacial score (nSPS) is 11.1. The SMILES string of the molecule is COc1cc(C=C(C#N)c2ccccc2F)ccc1OCc1ccc(Cl)c(Cl)c1. The molecule has 0 atom stereocenters. The van der Waals surface area contributed by atoms with E-state index < -0.39 is 5.82 Å². The lowest BCUT2D eigenvalue weighted by atomic mass is 10.0. The highest BCUT2D eigenvalue weighted by Gasteiger charge is 2.10. The fourth-order valence-electron chi connectivity index (χ4n) is 2.70. The first-order chi connectivity index (χ1) is 14.0. The van der Waals surface area contributed by atoms with Crippen molar-refractivity contribution in [3.63, 3.8) is 0 Å². The van der Waals surface area contributed by atoms with E-state index in [1.807, 2.05) is 12.1 Å². The topological polar surface area (TPSA) is 42.2 Å². The number of benzene rings is 3. The highest BCUT2D eigenvalue weighted by atomic mass is 35.5. The van der Waals surface area contributed by atoms with Gasteiger partial charge in [0.2, 0.25) is 0 Å². The third-order valence-corrected chi connectivity index (χ3v) is 4.90. The average Bonchev–Trinajstić information content (AvgIpc) is 2.73. The summed E-state index contributed by atoms with van der Waals surface area (Å²) in [5.41, 5.74) is 2.00. The van der Waals surface area contributed by atoms with Crippen LogP contribution in [0.2, 0.25) is 10.0 Å². The molecule has 0 spiro atoms. The van der Waals surface area contributed by atoms with Gasteiger partial charge in [-0.25, -0.2) is 4.39 Å². The highest BCUT2D eigenvalue weighted by Crippen LogP contribution is 2.31. The van der Waals surface area contributed by atoms with E-state index in [-0.39, 0.29) is 17.7 Å². The Morgan fingerprint density at radius 1 is 1.03 bits per heavy atom. The first kappa shape index (κ1) is 20.7. The Balaban J connectivity index is 1.83. The molecule has 0 aromatic heterocycles. The van der Waals surface area contributed by atoms with Crippen LogP contribution >= 0.6 is 23.2 Å². The second kappa shape index (κ2) is 9.47. The molecule has 146 valence electrons. The molecule has 0 unspecified atom stereocenters. The van der Waals surface area contributed by atoms with Crippen molar-refractivity contribution in [2.24, 2.45) is 0 Å². The second-order valence-electron chi connectivity index (χ2n) is 6.10. The molecule has 0 N–H and O–H groups in total. The maximum atomic E-state index is 14.0. The van der Waals surface area contributed by atoms with Crippen molar-refractivity contribution in [3.8, 4) is 17.6 Å². The summed E-state index contributed by atoms with van der Waals surface area (Å²) in [5, 5.41) is 10.4. The van der Waals surface area contributed by atoms with Gasteiger partial charge in [0.15, 0.2) is 11.5 Å². The number of hydrogen-bond acceptors (Lipinski definition) is 3. The van der Waals surface area contributed by atoms with E-state index in [9.17, 15) is 9.65 Å². The first-order valence-corrected chi connectivity index (χ1v) is 9.39. The molecule has 29 heavy (non-hydrogen) atoms. The molecule has 0 aliphatic rings. The van der Waals surface area contributed by atoms with Gasteiger partial charge in [0.1, 0.15) is 12.4 Å². The fourth-order valence-corrected chi connectivity index (χ4v) is 3.02. The maximum Gasteiger partial charge on any atom is 0.161 e. The summed E-state index contributed by atoms with van der Waals surface area (Å²) in [6.45, 7) is 0.279. The Morgan fingerprint density at radius 3 is 2.52 bits per heavy atom. The molecule has 0 saturated heterocycles. The van der Waals surface area contributed by atoms with Gasteiger partial charge < -0.3 is 9.47 Å². The van der Waals surface area contributed by atoms with Crippen LogP contribution in [0, 0.1) is 17.1 Å². The molecule has 0 bridgehead atoms. The molecule has 0 fully saturated rings. The third kappa shape index (κ3) is 5.08. The van der Waals surface area contributed by atoms with Gasteiger partial charge in [-0.05, 0) is 47.5 Å². The third-order valence-electron chi connectivity index (χ3n) is 4.16. The van der Waals surface area contributed by atoms with Gasteiger partial charge in [-0.3, -0.25) is 0 Å². The van der Waals surface area contributed by atoms with E-state index in [1.165, 1.54) is 13.2 Å². The van der Waals surface area contributed by atoms with Crippen molar-refractivity contribution < 1.29 is 13.9 Å². The molecule has 0 aliphatic heterocycles. The molecule has 6 heteroatoms. The van der Waals surface area contributed by atoms with Gasteiger partial charge in [0, 0.05) is 5.56 Å². The van der Waals surface area contributed by atoms with E-state index in [2.05, 4.69) is 0 Å². The highest BCUT2D eigenvalue weighted by molar-refractivity contribution is 6.42. The molecule has 3 nitrogen and oxygen atoms in total. The molecule has 3 aromatic rings. The summed E-state index contributed by atoms with van der Waals surface area (Å²) in [5.74, 6) is 0.568. The lowest BCUT2D eigenvalue weighted by Gasteiger charge is -2.12. The van der Waals surface area contributed by atoms with E-state index in [0.29, 0.717) is 27.1 Å². The minimum absolute atomic E-state index is 0.217. The molecule has 0 heterocycles. The van der Waals surface area contributed by atoms with E-state index in [1.54, 1.807) is 54.6 Å². The minimum atomic E-state index is -0.450. The molecule has 3 rings (SSSR count). The van der Waals surface area contributed by atoms with Crippen molar-refractivity contribution in [1.82, 2.24) is 0 Å². The number of allylic oxidation sites excluding steroid dienone is 1. The Labute approximate surface area is 178 Å². The number of halogens is 3. The summed E-state index contributed by atoms with van der Waals surface area (Å²) in [6, 6.07) is 18.7. The molecular formula is C23H16Cl2FNO2. The van der Waals surface area contributed by atoms with E-state index in [0.717, 1.165) is 5.56 Å². The van der Waals surface area contributed by atoms with Crippen LogP contribution in [0.15, 0.2) is 60.7 Å². The zero-order valence-electron chi connectivity index (χ0n) is 15.5. The number of nitriles is 1. The summed E-state index contributed by atoms with van der Waals surface area (Å²) in [6.07, 6.45) is 1.60. The molecular weight excluding hydrogens is 412 g/mol. The maximum absolute atomic E-state index is 14.0. The number of hydrogen-bond donors (Lipinski definition) is 0. The summed E-state index contributed by atoms with van der Waals surface area (Å²) in [7, 11) is 1.52. The average molecular weight is 428 g/mol. The Hall–Kier alpha value is -3.00. The Morgan fingerprint density at radius 2 is 1.83 bits per heavy atom. The number of rotatable bonds is 6. The smallest absolute Gasteiger partial charge is 0.161 e. The summed E-state index contributed by atoms with van der Waals surface area (Å²) >= 11 is 12.0. The number of nitrogens with zero attached hydrogens (tertiary/aromatic N) is 1. The molecule has 3 aromatic carbocycles. The van der Waals surface area contributed by atoms with Gasteiger partial charge in [0.25, 0.3) is 0 Å². The first-order valence-electron chi connectivity index (χ1n) is 8.63. The van der Waals surface area contributed by atoms with Gasteiger partial charge >= 0.3 is 0 Å². The van der Waals surface area contributed by atoms with Crippen LogP contribution in [0.1, 0.15) is 16.7 Å². The fraction of sp³-hybridized carbons (Fsp3) is 0.0870. The molecule has 0 amide bonds. The van der Waals surface area contributed by atoms with Crippen molar-refractivity contribution >= 4 is 34.9 Å². The molecule has 0 aliphatic carbocycles. The van der Waals surface area contributed by atoms with E-state index >= 15 is 0 Å². The lowest BCUT2D eigenvalue weighted by molar-refractivity contribution is 0.284. The second-order valence-corrected chi connectivity index (χ2v) is 6.91. The monoisotopic (exact) mass is 427 g/mol. The number of methoxy groups -OCH3 is 1. The van der Waals surface area contributed by atoms with Crippen LogP contribution in [0.3, 0.4) is 0 Å². The lowest BCUT2D eigenvalue weighted by Crippen LogP contribution is -1.98. The Kier molecular flexibility index (Phi) is 6.77. The van der Waals surface area contributed by atoms with E-state index in [4.69, 9.17) is 32.7 Å². The van der Waals surface area contributed by atoms with Crippen LogP contribution in [0.25, 0.3) is 11.6 Å². The van der Waals surface area contributed by atoms with Gasteiger partial charge in [-0.2, -0.15) is 5.26 Å². The van der Waals surface area contributed by atoms with Crippen molar-refractivity contribution in [2.75, 3.05) is 7.11 Å². The van der Waals surface area contributed by atoms with Crippen LogP contribution in [-0.4, -0.2) is 7.11 Å². The minimum Gasteiger partial charge on any atom is -0.493 e. The molecule has 0 saturated carbocycles. The molecule has 0 radical (unpaired) electrons. The zero-order valence-corrected chi connectivity index (χ0v) is 17.0. The van der Waals surface area contributed by atoms with Crippen LogP contribution in [0.4, 0.5) is 4.39 Å². The summed E-state index contributed by atoms with van der Waals surface area (Å²) < 4.78 is 25.2. The largest absolute Gasteiger partial charge is 0.493 e. The summed E-state index contributed by atoms with van der Waals surface area (Å²) in [4.78, 5) is 0. The predicted octanol–water partition coefficient (Wildman–Crippen LogP) is 6.78. The van der Waals surface area contributed by atoms with Crippen molar-refractivity contribution in [3.05, 3.63) is 93.2 Å².